The van der Waals surface area contributed by atoms with Crippen molar-refractivity contribution in [2.24, 2.45) is 17.8 Å². The molecule has 0 N–H and O–H groups in total. The highest BCUT2D eigenvalue weighted by atomic mass is 16.5. The summed E-state index contributed by atoms with van der Waals surface area (Å²) in [5.74, 6) is 3.23. The van der Waals surface area contributed by atoms with E-state index >= 15 is 0 Å². The number of unbranched alkanes of at least 4 members (excludes halogenated alkanes) is 1. The third-order valence-corrected chi connectivity index (χ3v) is 7.63. The first-order valence-corrected chi connectivity index (χ1v) is 10.5. The molecule has 0 aromatic carbocycles. The number of hydrogen-bond acceptors (Lipinski definition) is 2. The van der Waals surface area contributed by atoms with E-state index in [1.165, 1.54) is 51.5 Å². The summed E-state index contributed by atoms with van der Waals surface area (Å²) < 4.78 is 5.30. The Bertz CT molecular complexity index is 352. The van der Waals surface area contributed by atoms with Gasteiger partial charge in [0.1, 0.15) is 0 Å². The minimum absolute atomic E-state index is 0.615. The zero-order chi connectivity index (χ0) is 15.7. The fourth-order valence-corrected chi connectivity index (χ4v) is 7.14. The van der Waals surface area contributed by atoms with E-state index in [9.17, 15) is 0 Å². The Hall–Kier alpha value is -0.0800. The molecule has 0 aromatic heterocycles. The number of rotatable bonds is 7. The van der Waals surface area contributed by atoms with Crippen molar-refractivity contribution in [3.8, 4) is 0 Å². The van der Waals surface area contributed by atoms with Crippen LogP contribution in [0.1, 0.15) is 83.5 Å². The lowest BCUT2D eigenvalue weighted by molar-refractivity contribution is -0.110. The van der Waals surface area contributed by atoms with Gasteiger partial charge in [0.15, 0.2) is 0 Å². The second kappa shape index (κ2) is 7.04. The van der Waals surface area contributed by atoms with Crippen LogP contribution in [-0.4, -0.2) is 36.7 Å². The van der Waals surface area contributed by atoms with Gasteiger partial charge in [0.2, 0.25) is 0 Å². The molecular weight excluding hydrogens is 282 g/mol. The van der Waals surface area contributed by atoms with Crippen LogP contribution in [0, 0.1) is 17.8 Å². The van der Waals surface area contributed by atoms with E-state index < -0.39 is 0 Å². The van der Waals surface area contributed by atoms with Gasteiger partial charge in [-0.3, -0.25) is 4.90 Å². The van der Waals surface area contributed by atoms with Crippen LogP contribution < -0.4 is 0 Å². The van der Waals surface area contributed by atoms with E-state index in [0.717, 1.165) is 30.4 Å². The first-order chi connectivity index (χ1) is 11.3. The van der Waals surface area contributed by atoms with Gasteiger partial charge in [-0.05, 0) is 88.5 Å². The summed E-state index contributed by atoms with van der Waals surface area (Å²) in [6.07, 6.45) is 19.3. The van der Waals surface area contributed by atoms with Crippen LogP contribution in [0.3, 0.4) is 0 Å². The van der Waals surface area contributed by atoms with Crippen LogP contribution in [0.15, 0.2) is 0 Å². The number of hydrogen-bond donors (Lipinski definition) is 0. The molecule has 0 amide bonds. The highest BCUT2D eigenvalue weighted by Gasteiger charge is 2.54. The lowest BCUT2D eigenvalue weighted by atomic mass is 9.52. The van der Waals surface area contributed by atoms with Crippen LogP contribution in [0.5, 0.6) is 0 Å². The normalized spacial score (nSPS) is 40.2. The van der Waals surface area contributed by atoms with Crippen molar-refractivity contribution in [1.82, 2.24) is 4.90 Å². The molecule has 0 aliphatic heterocycles. The van der Waals surface area contributed by atoms with E-state index in [4.69, 9.17) is 4.74 Å². The Kier molecular flexibility index (Phi) is 5.02. The molecule has 5 aliphatic rings. The maximum absolute atomic E-state index is 5.30. The van der Waals surface area contributed by atoms with Crippen molar-refractivity contribution in [2.75, 3.05) is 20.3 Å². The number of methoxy groups -OCH3 is 1. The van der Waals surface area contributed by atoms with Crippen LogP contribution in [-0.2, 0) is 4.74 Å². The zero-order valence-corrected chi connectivity index (χ0v) is 15.3. The molecule has 5 rings (SSSR count). The van der Waals surface area contributed by atoms with E-state index in [1.54, 1.807) is 38.5 Å². The van der Waals surface area contributed by atoms with E-state index in [1.807, 2.05) is 7.11 Å². The maximum atomic E-state index is 5.30. The van der Waals surface area contributed by atoms with Gasteiger partial charge in [0.25, 0.3) is 0 Å². The molecule has 2 nitrogen and oxygen atoms in total. The van der Waals surface area contributed by atoms with Crippen molar-refractivity contribution in [3.05, 3.63) is 0 Å². The lowest BCUT2D eigenvalue weighted by Crippen LogP contribution is -2.62. The minimum atomic E-state index is 0.615. The largest absolute Gasteiger partial charge is 0.385 e. The highest BCUT2D eigenvalue weighted by molar-refractivity contribution is 5.08. The van der Waals surface area contributed by atoms with E-state index in [2.05, 4.69) is 4.90 Å². The van der Waals surface area contributed by atoms with Crippen LogP contribution in [0.25, 0.3) is 0 Å². The molecule has 0 radical (unpaired) electrons. The Balaban J connectivity index is 1.49. The summed E-state index contributed by atoms with van der Waals surface area (Å²) in [6.45, 7) is 2.29. The third kappa shape index (κ3) is 3.35. The fourth-order valence-electron chi connectivity index (χ4n) is 7.14. The summed E-state index contributed by atoms with van der Waals surface area (Å²) >= 11 is 0. The minimum Gasteiger partial charge on any atom is -0.385 e. The Labute approximate surface area is 143 Å². The molecule has 0 heterocycles. The summed E-state index contributed by atoms with van der Waals surface area (Å²) in [7, 11) is 1.85. The van der Waals surface area contributed by atoms with Crippen molar-refractivity contribution in [1.29, 1.82) is 0 Å². The molecule has 2 heteroatoms. The first-order valence-electron chi connectivity index (χ1n) is 10.5. The summed E-state index contributed by atoms with van der Waals surface area (Å²) in [6, 6.07) is 0.905. The van der Waals surface area contributed by atoms with Gasteiger partial charge in [0.05, 0.1) is 0 Å². The summed E-state index contributed by atoms with van der Waals surface area (Å²) in [5, 5.41) is 0. The van der Waals surface area contributed by atoms with Crippen molar-refractivity contribution in [3.63, 3.8) is 0 Å². The summed E-state index contributed by atoms with van der Waals surface area (Å²) in [4.78, 5) is 3.09. The quantitative estimate of drug-likeness (QED) is 0.611. The molecule has 5 fully saturated rings. The Morgan fingerprint density at radius 1 is 0.870 bits per heavy atom. The second-order valence-corrected chi connectivity index (χ2v) is 9.33. The first kappa shape index (κ1) is 16.4. The van der Waals surface area contributed by atoms with Gasteiger partial charge in [-0.2, -0.15) is 0 Å². The number of ether oxygens (including phenoxy) is 1. The molecule has 0 unspecified atom stereocenters. The van der Waals surface area contributed by atoms with Gasteiger partial charge in [-0.1, -0.05) is 19.3 Å². The van der Waals surface area contributed by atoms with E-state index in [0.29, 0.717) is 5.54 Å². The topological polar surface area (TPSA) is 12.5 Å². The van der Waals surface area contributed by atoms with Gasteiger partial charge in [0, 0.05) is 25.3 Å². The molecular formula is C21H37NO. The zero-order valence-electron chi connectivity index (χ0n) is 15.3. The number of nitrogens with zero attached hydrogens (tertiary/aromatic N) is 1. The van der Waals surface area contributed by atoms with E-state index in [-0.39, 0.29) is 0 Å². The molecule has 5 aliphatic carbocycles. The van der Waals surface area contributed by atoms with Crippen LogP contribution >= 0.6 is 0 Å². The second-order valence-electron chi connectivity index (χ2n) is 9.33. The SMILES string of the molecule is COCCCCN(C1CCCCC1)C12CC3CC(CC(C3)C1)C2. The maximum Gasteiger partial charge on any atom is 0.0462 e. The average Bonchev–Trinajstić information content (AvgIpc) is 2.54. The smallest absolute Gasteiger partial charge is 0.0462 e. The molecule has 0 aromatic rings. The van der Waals surface area contributed by atoms with Gasteiger partial charge < -0.3 is 4.74 Å². The predicted molar refractivity (Wildman–Crippen MR) is 95.6 cm³/mol. The molecule has 0 atom stereocenters. The Morgan fingerprint density at radius 3 is 2.04 bits per heavy atom. The molecule has 132 valence electrons. The van der Waals surface area contributed by atoms with Crippen LogP contribution in [0.2, 0.25) is 0 Å². The molecule has 0 spiro atoms. The van der Waals surface area contributed by atoms with Crippen molar-refractivity contribution < 1.29 is 4.74 Å². The van der Waals surface area contributed by atoms with Crippen molar-refractivity contribution in [2.45, 2.75) is 95.1 Å². The van der Waals surface area contributed by atoms with Gasteiger partial charge >= 0.3 is 0 Å². The third-order valence-electron chi connectivity index (χ3n) is 7.63. The average molecular weight is 320 g/mol. The fraction of sp³-hybridized carbons (Fsp3) is 1.00. The monoisotopic (exact) mass is 319 g/mol. The molecule has 23 heavy (non-hydrogen) atoms. The predicted octanol–water partition coefficient (Wildman–Crippen LogP) is 5.02. The van der Waals surface area contributed by atoms with Gasteiger partial charge in [-0.25, -0.2) is 0 Å². The molecule has 5 saturated carbocycles. The Morgan fingerprint density at radius 2 is 1.48 bits per heavy atom. The van der Waals surface area contributed by atoms with Gasteiger partial charge in [-0.15, -0.1) is 0 Å². The molecule has 0 saturated heterocycles. The van der Waals surface area contributed by atoms with Crippen molar-refractivity contribution >= 4 is 0 Å². The molecule has 4 bridgehead atoms. The standard InChI is InChI=1S/C21H37NO/c1-23-10-6-5-9-22(20-7-3-2-4-8-20)21-14-17-11-18(15-21)13-19(12-17)16-21/h17-20H,2-16H2,1H3. The summed E-state index contributed by atoms with van der Waals surface area (Å²) in [5.41, 5.74) is 0.615. The lowest BCUT2D eigenvalue weighted by Gasteiger charge is -2.62. The van der Waals surface area contributed by atoms with Crippen LogP contribution in [0.4, 0.5) is 0 Å². The highest BCUT2D eigenvalue weighted by Crippen LogP contribution is 2.58.